The first-order valence-electron chi connectivity index (χ1n) is 4.84. The molecule has 1 aliphatic carbocycles. The van der Waals surface area contributed by atoms with Crippen LogP contribution in [0.5, 0.6) is 0 Å². The van der Waals surface area contributed by atoms with Crippen molar-refractivity contribution in [1.82, 2.24) is 5.32 Å². The third-order valence-corrected chi connectivity index (χ3v) is 2.62. The maximum absolute atomic E-state index is 10.8. The molecule has 1 fully saturated rings. The number of nitrogens with one attached hydrogen (secondary N) is 1. The van der Waals surface area contributed by atoms with Gasteiger partial charge in [-0.1, -0.05) is 6.92 Å². The molecule has 0 aromatic rings. The third kappa shape index (κ3) is 2.97. The van der Waals surface area contributed by atoms with Gasteiger partial charge in [0.15, 0.2) is 0 Å². The molecule has 0 aromatic carbocycles. The molecule has 13 heavy (non-hydrogen) atoms. The molecule has 4 N–H and O–H groups in total. The second-order valence-electron chi connectivity index (χ2n) is 3.76. The monoisotopic (exact) mass is 186 g/mol. The van der Waals surface area contributed by atoms with Crippen LogP contribution in [0.3, 0.4) is 0 Å². The van der Waals surface area contributed by atoms with Gasteiger partial charge in [-0.25, -0.2) is 0 Å². The number of aliphatic hydroxyl groups excluding tert-OH is 1. The van der Waals surface area contributed by atoms with Crippen molar-refractivity contribution in [3.63, 3.8) is 0 Å². The van der Waals surface area contributed by atoms with Crippen molar-refractivity contribution in [3.8, 4) is 0 Å². The molecule has 1 saturated carbocycles. The van der Waals surface area contributed by atoms with Gasteiger partial charge in [0.2, 0.25) is 5.91 Å². The van der Waals surface area contributed by atoms with Crippen molar-refractivity contribution in [1.29, 1.82) is 0 Å². The van der Waals surface area contributed by atoms with Crippen LogP contribution in [0, 0.1) is 5.92 Å². The zero-order chi connectivity index (χ0) is 9.84. The van der Waals surface area contributed by atoms with E-state index in [0.29, 0.717) is 5.92 Å². The lowest BCUT2D eigenvalue weighted by atomic mass is 9.82. The second kappa shape index (κ2) is 4.58. The smallest absolute Gasteiger partial charge is 0.234 e. The van der Waals surface area contributed by atoms with Crippen LogP contribution in [-0.2, 0) is 4.79 Å². The molecule has 0 saturated heterocycles. The molecule has 1 atom stereocenters. The highest BCUT2D eigenvalue weighted by Gasteiger charge is 2.27. The first-order valence-corrected chi connectivity index (χ1v) is 4.84. The number of nitrogens with two attached hydrogens (primary N) is 1. The van der Waals surface area contributed by atoms with E-state index in [-0.39, 0.29) is 18.1 Å². The predicted molar refractivity (Wildman–Crippen MR) is 50.0 cm³/mol. The molecule has 0 aliphatic heterocycles. The van der Waals surface area contributed by atoms with Gasteiger partial charge in [-0.3, -0.25) is 4.79 Å². The van der Waals surface area contributed by atoms with Crippen LogP contribution < -0.4 is 11.1 Å². The molecule has 0 radical (unpaired) electrons. The SMILES string of the molecule is CCC(NCC1CC(O)C1)C(N)=O. The molecule has 76 valence electrons. The molecule has 0 aromatic heterocycles. The van der Waals surface area contributed by atoms with E-state index < -0.39 is 0 Å². The summed E-state index contributed by atoms with van der Waals surface area (Å²) in [5.41, 5.74) is 5.17. The number of aliphatic hydroxyl groups is 1. The van der Waals surface area contributed by atoms with Gasteiger partial charge in [-0.2, -0.15) is 0 Å². The Kier molecular flexibility index (Phi) is 3.69. The van der Waals surface area contributed by atoms with E-state index in [1.54, 1.807) is 0 Å². The number of hydrogen-bond acceptors (Lipinski definition) is 3. The predicted octanol–water partition coefficient (Wildman–Crippen LogP) is -0.389. The molecule has 4 nitrogen and oxygen atoms in total. The van der Waals surface area contributed by atoms with Gasteiger partial charge in [0.1, 0.15) is 0 Å². The fourth-order valence-corrected chi connectivity index (χ4v) is 1.62. The van der Waals surface area contributed by atoms with Gasteiger partial charge in [0.05, 0.1) is 12.1 Å². The van der Waals surface area contributed by atoms with E-state index in [1.165, 1.54) is 0 Å². The van der Waals surface area contributed by atoms with Crippen molar-refractivity contribution in [2.45, 2.75) is 38.3 Å². The number of hydrogen-bond donors (Lipinski definition) is 3. The largest absolute Gasteiger partial charge is 0.393 e. The van der Waals surface area contributed by atoms with E-state index in [2.05, 4.69) is 5.32 Å². The summed E-state index contributed by atoms with van der Waals surface area (Å²) in [6.45, 7) is 2.72. The molecule has 0 spiro atoms. The summed E-state index contributed by atoms with van der Waals surface area (Å²) in [5, 5.41) is 12.1. The van der Waals surface area contributed by atoms with E-state index >= 15 is 0 Å². The standard InChI is InChI=1S/C9H18N2O2/c1-2-8(9(10)13)11-5-6-3-7(12)4-6/h6-8,11-12H,2-5H2,1H3,(H2,10,13). The minimum Gasteiger partial charge on any atom is -0.393 e. The summed E-state index contributed by atoms with van der Waals surface area (Å²) < 4.78 is 0. The fourth-order valence-electron chi connectivity index (χ4n) is 1.62. The maximum Gasteiger partial charge on any atom is 0.234 e. The lowest BCUT2D eigenvalue weighted by molar-refractivity contribution is -0.120. The minimum absolute atomic E-state index is 0.125. The van der Waals surface area contributed by atoms with Gasteiger partial charge in [0, 0.05) is 0 Å². The highest BCUT2D eigenvalue weighted by Crippen LogP contribution is 2.26. The van der Waals surface area contributed by atoms with Crippen LogP contribution in [0.4, 0.5) is 0 Å². The van der Waals surface area contributed by atoms with Gasteiger partial charge in [-0.15, -0.1) is 0 Å². The van der Waals surface area contributed by atoms with Crippen molar-refractivity contribution in [2.75, 3.05) is 6.54 Å². The number of rotatable bonds is 5. The Labute approximate surface area is 78.5 Å². The van der Waals surface area contributed by atoms with Crippen molar-refractivity contribution in [3.05, 3.63) is 0 Å². The van der Waals surface area contributed by atoms with Gasteiger partial charge in [-0.05, 0) is 31.7 Å². The molecule has 1 rings (SSSR count). The topological polar surface area (TPSA) is 75.3 Å². The second-order valence-corrected chi connectivity index (χ2v) is 3.76. The molecular formula is C9H18N2O2. The summed E-state index contributed by atoms with van der Waals surface area (Å²) in [5.74, 6) is 0.228. The van der Waals surface area contributed by atoms with Gasteiger partial charge < -0.3 is 16.2 Å². The van der Waals surface area contributed by atoms with Crippen molar-refractivity contribution >= 4 is 5.91 Å². The summed E-state index contributed by atoms with van der Waals surface area (Å²) in [6.07, 6.45) is 2.30. The average molecular weight is 186 g/mol. The first-order chi connectivity index (χ1) is 6.13. The lowest BCUT2D eigenvalue weighted by Crippen LogP contribution is -2.45. The number of amides is 1. The van der Waals surface area contributed by atoms with E-state index in [9.17, 15) is 4.79 Å². The fraction of sp³-hybridized carbons (Fsp3) is 0.889. The van der Waals surface area contributed by atoms with Crippen molar-refractivity contribution < 1.29 is 9.90 Å². The van der Waals surface area contributed by atoms with Crippen LogP contribution in [0.25, 0.3) is 0 Å². The molecule has 0 bridgehead atoms. The van der Waals surface area contributed by atoms with Crippen LogP contribution in [0.15, 0.2) is 0 Å². The average Bonchev–Trinajstić information content (AvgIpc) is 2.01. The third-order valence-electron chi connectivity index (χ3n) is 2.62. The maximum atomic E-state index is 10.8. The zero-order valence-corrected chi connectivity index (χ0v) is 7.99. The summed E-state index contributed by atoms with van der Waals surface area (Å²) >= 11 is 0. The summed E-state index contributed by atoms with van der Waals surface area (Å²) in [4.78, 5) is 10.8. The minimum atomic E-state index is -0.289. The van der Waals surface area contributed by atoms with Crippen LogP contribution >= 0.6 is 0 Å². The van der Waals surface area contributed by atoms with Gasteiger partial charge in [0.25, 0.3) is 0 Å². The Bertz CT molecular complexity index is 178. The molecular weight excluding hydrogens is 168 g/mol. The molecule has 1 aliphatic rings. The quantitative estimate of drug-likeness (QED) is 0.547. The number of carbonyl (C=O) groups is 1. The molecule has 4 heteroatoms. The molecule has 1 amide bonds. The Hall–Kier alpha value is -0.610. The van der Waals surface area contributed by atoms with Crippen LogP contribution in [0.1, 0.15) is 26.2 Å². The van der Waals surface area contributed by atoms with Crippen LogP contribution in [0.2, 0.25) is 0 Å². The Morgan fingerprint density at radius 2 is 2.31 bits per heavy atom. The number of primary amides is 1. The summed E-state index contributed by atoms with van der Waals surface area (Å²) in [7, 11) is 0. The Morgan fingerprint density at radius 3 is 2.69 bits per heavy atom. The molecule has 1 unspecified atom stereocenters. The summed E-state index contributed by atoms with van der Waals surface area (Å²) in [6, 6.07) is -0.210. The zero-order valence-electron chi connectivity index (χ0n) is 7.99. The highest BCUT2D eigenvalue weighted by atomic mass is 16.3. The van der Waals surface area contributed by atoms with Crippen molar-refractivity contribution in [2.24, 2.45) is 11.7 Å². The van der Waals surface area contributed by atoms with E-state index in [0.717, 1.165) is 25.8 Å². The van der Waals surface area contributed by atoms with Gasteiger partial charge >= 0.3 is 0 Å². The van der Waals surface area contributed by atoms with Crippen LogP contribution in [-0.4, -0.2) is 29.7 Å². The van der Waals surface area contributed by atoms with E-state index in [4.69, 9.17) is 10.8 Å². The Balaban J connectivity index is 2.13. The lowest BCUT2D eigenvalue weighted by Gasteiger charge is -2.32. The highest BCUT2D eigenvalue weighted by molar-refractivity contribution is 5.79. The number of carbonyl (C=O) groups excluding carboxylic acids is 1. The first kappa shape index (κ1) is 10.5. The normalized spacial score (nSPS) is 29.4. The molecule has 0 heterocycles. The van der Waals surface area contributed by atoms with E-state index in [1.807, 2.05) is 6.92 Å². The Morgan fingerprint density at radius 1 is 1.69 bits per heavy atom.